The predicted molar refractivity (Wildman–Crippen MR) is 69.0 cm³/mol. The molecule has 17 heavy (non-hydrogen) atoms. The van der Waals surface area contributed by atoms with Crippen molar-refractivity contribution in [3.8, 4) is 0 Å². The van der Waals surface area contributed by atoms with Crippen LogP contribution >= 0.6 is 11.6 Å². The van der Waals surface area contributed by atoms with Crippen molar-refractivity contribution in [1.82, 2.24) is 0 Å². The van der Waals surface area contributed by atoms with Crippen molar-refractivity contribution in [3.05, 3.63) is 34.9 Å². The van der Waals surface area contributed by atoms with E-state index in [9.17, 15) is 13.5 Å². The van der Waals surface area contributed by atoms with Crippen LogP contribution in [0, 0.1) is 0 Å². The third-order valence-corrected chi connectivity index (χ3v) is 3.79. The van der Waals surface area contributed by atoms with Crippen LogP contribution in [0.1, 0.15) is 11.5 Å². The van der Waals surface area contributed by atoms with Crippen LogP contribution in [0.5, 0.6) is 0 Å². The van der Waals surface area contributed by atoms with Crippen LogP contribution in [-0.4, -0.2) is 38.2 Å². The van der Waals surface area contributed by atoms with Crippen molar-refractivity contribution in [3.63, 3.8) is 0 Å². The second-order valence-electron chi connectivity index (χ2n) is 4.02. The molecule has 0 amide bonds. The second-order valence-corrected chi connectivity index (χ2v) is 6.62. The fraction of sp³-hybridized carbons (Fsp3) is 0.455. The van der Waals surface area contributed by atoms with Crippen LogP contribution in [0.15, 0.2) is 24.3 Å². The largest absolute Gasteiger partial charge is 0.391 e. The van der Waals surface area contributed by atoms with E-state index in [0.29, 0.717) is 10.6 Å². The number of aliphatic hydroxyl groups excluding tert-OH is 1. The van der Waals surface area contributed by atoms with Gasteiger partial charge in [-0.3, -0.25) is 0 Å². The normalized spacial score (nSPS) is 15.5. The maximum atomic E-state index is 11.1. The SMILES string of the molecule is CS(=O)(=O)CC(O)C(CN)c1ccccc1Cl. The Bertz CT molecular complexity index is 475. The number of nitrogens with two attached hydrogens (primary N) is 1. The Kier molecular flexibility index (Phi) is 4.94. The Morgan fingerprint density at radius 1 is 1.41 bits per heavy atom. The summed E-state index contributed by atoms with van der Waals surface area (Å²) >= 11 is 6.00. The highest BCUT2D eigenvalue weighted by atomic mass is 35.5. The molecule has 0 fully saturated rings. The van der Waals surface area contributed by atoms with Crippen molar-refractivity contribution in [2.75, 3.05) is 18.6 Å². The van der Waals surface area contributed by atoms with Crippen LogP contribution in [0.3, 0.4) is 0 Å². The van der Waals surface area contributed by atoms with Crippen LogP contribution in [0.4, 0.5) is 0 Å². The number of benzene rings is 1. The molecule has 6 heteroatoms. The number of halogens is 1. The summed E-state index contributed by atoms with van der Waals surface area (Å²) in [5.74, 6) is -0.793. The van der Waals surface area contributed by atoms with Gasteiger partial charge >= 0.3 is 0 Å². The minimum Gasteiger partial charge on any atom is -0.391 e. The van der Waals surface area contributed by atoms with Crippen LogP contribution < -0.4 is 5.73 Å². The van der Waals surface area contributed by atoms with Gasteiger partial charge < -0.3 is 10.8 Å². The molecule has 2 atom stereocenters. The molecule has 96 valence electrons. The maximum Gasteiger partial charge on any atom is 0.150 e. The van der Waals surface area contributed by atoms with Crippen molar-refractivity contribution >= 4 is 21.4 Å². The van der Waals surface area contributed by atoms with Gasteiger partial charge in [-0.1, -0.05) is 29.8 Å². The van der Waals surface area contributed by atoms with Crippen molar-refractivity contribution in [2.45, 2.75) is 12.0 Å². The van der Waals surface area contributed by atoms with E-state index in [0.717, 1.165) is 6.26 Å². The van der Waals surface area contributed by atoms with E-state index < -0.39 is 21.9 Å². The molecule has 3 N–H and O–H groups in total. The molecule has 0 aliphatic rings. The standard InChI is InChI=1S/C11H16ClNO3S/c1-17(15,16)7-11(14)9(6-13)8-4-2-3-5-10(8)12/h2-5,9,11,14H,6-7,13H2,1H3. The molecule has 0 aliphatic heterocycles. The molecule has 0 spiro atoms. The molecule has 0 aromatic heterocycles. The van der Waals surface area contributed by atoms with Crippen LogP contribution in [0.2, 0.25) is 5.02 Å². The third kappa shape index (κ3) is 4.27. The van der Waals surface area contributed by atoms with Crippen LogP contribution in [0.25, 0.3) is 0 Å². The van der Waals surface area contributed by atoms with Gasteiger partial charge in [-0.15, -0.1) is 0 Å². The number of hydrogen-bond acceptors (Lipinski definition) is 4. The maximum absolute atomic E-state index is 11.1. The van der Waals surface area contributed by atoms with Gasteiger partial charge in [0.15, 0.2) is 0 Å². The quantitative estimate of drug-likeness (QED) is 0.834. The van der Waals surface area contributed by atoms with Crippen molar-refractivity contribution in [1.29, 1.82) is 0 Å². The molecule has 0 saturated carbocycles. The van der Waals surface area contributed by atoms with E-state index in [4.69, 9.17) is 17.3 Å². The Morgan fingerprint density at radius 3 is 2.47 bits per heavy atom. The van der Waals surface area contributed by atoms with Gasteiger partial charge in [-0.2, -0.15) is 0 Å². The van der Waals surface area contributed by atoms with Crippen molar-refractivity contribution < 1.29 is 13.5 Å². The summed E-state index contributed by atoms with van der Waals surface area (Å²) < 4.78 is 22.3. The van der Waals surface area contributed by atoms with Crippen molar-refractivity contribution in [2.24, 2.45) is 5.73 Å². The first-order chi connectivity index (χ1) is 7.85. The highest BCUT2D eigenvalue weighted by Crippen LogP contribution is 2.26. The molecule has 0 heterocycles. The lowest BCUT2D eigenvalue weighted by atomic mass is 9.94. The first-order valence-electron chi connectivity index (χ1n) is 5.15. The lowest BCUT2D eigenvalue weighted by Gasteiger charge is -2.22. The minimum atomic E-state index is -3.25. The Hall–Kier alpha value is -0.620. The lowest BCUT2D eigenvalue weighted by Crippen LogP contribution is -2.31. The van der Waals surface area contributed by atoms with Gasteiger partial charge in [0.2, 0.25) is 0 Å². The summed E-state index contributed by atoms with van der Waals surface area (Å²) in [6.07, 6.45) is 0.0334. The molecular weight excluding hydrogens is 262 g/mol. The minimum absolute atomic E-state index is 0.139. The summed E-state index contributed by atoms with van der Waals surface area (Å²) in [7, 11) is -3.25. The van der Waals surface area contributed by atoms with Gasteiger partial charge in [0.25, 0.3) is 0 Å². The first-order valence-corrected chi connectivity index (χ1v) is 7.59. The number of hydrogen-bond donors (Lipinski definition) is 2. The van der Waals surface area contributed by atoms with E-state index >= 15 is 0 Å². The topological polar surface area (TPSA) is 80.4 Å². The predicted octanol–water partition coefficient (Wildman–Crippen LogP) is 0.788. The zero-order chi connectivity index (χ0) is 13.1. The first kappa shape index (κ1) is 14.4. The monoisotopic (exact) mass is 277 g/mol. The summed E-state index contributed by atoms with van der Waals surface area (Å²) in [5.41, 5.74) is 6.25. The Morgan fingerprint density at radius 2 is 2.00 bits per heavy atom. The highest BCUT2D eigenvalue weighted by Gasteiger charge is 2.24. The third-order valence-electron chi connectivity index (χ3n) is 2.50. The second kappa shape index (κ2) is 5.82. The molecule has 1 aromatic rings. The number of aliphatic hydroxyl groups is 1. The van der Waals surface area contributed by atoms with Crippen LogP contribution in [-0.2, 0) is 9.84 Å². The molecule has 0 saturated heterocycles. The van der Waals surface area contributed by atoms with E-state index in [1.165, 1.54) is 0 Å². The van der Waals surface area contributed by atoms with Gasteiger partial charge in [-0.05, 0) is 11.6 Å². The van der Waals surface area contributed by atoms with E-state index in [1.54, 1.807) is 24.3 Å². The highest BCUT2D eigenvalue weighted by molar-refractivity contribution is 7.90. The smallest absolute Gasteiger partial charge is 0.150 e. The number of sulfone groups is 1. The molecule has 1 rings (SSSR count). The Labute approximate surface area is 106 Å². The van der Waals surface area contributed by atoms with Gasteiger partial charge in [0.1, 0.15) is 9.84 Å². The zero-order valence-electron chi connectivity index (χ0n) is 9.51. The molecule has 1 aromatic carbocycles. The molecule has 0 radical (unpaired) electrons. The van der Waals surface area contributed by atoms with Gasteiger partial charge in [0.05, 0.1) is 11.9 Å². The van der Waals surface area contributed by atoms with E-state index in [2.05, 4.69) is 0 Å². The number of rotatable bonds is 5. The fourth-order valence-electron chi connectivity index (χ4n) is 1.69. The van der Waals surface area contributed by atoms with E-state index in [-0.39, 0.29) is 12.3 Å². The lowest BCUT2D eigenvalue weighted by molar-refractivity contribution is 0.167. The Balaban J connectivity index is 2.96. The summed E-state index contributed by atoms with van der Waals surface area (Å²) in [6.45, 7) is 0.139. The molecule has 4 nitrogen and oxygen atoms in total. The molecular formula is C11H16ClNO3S. The average Bonchev–Trinajstić information content (AvgIpc) is 2.19. The van der Waals surface area contributed by atoms with E-state index in [1.807, 2.05) is 0 Å². The molecule has 2 unspecified atom stereocenters. The van der Waals surface area contributed by atoms with Gasteiger partial charge in [-0.25, -0.2) is 8.42 Å². The fourth-order valence-corrected chi connectivity index (χ4v) is 2.82. The van der Waals surface area contributed by atoms with Gasteiger partial charge in [0, 0.05) is 23.7 Å². The summed E-state index contributed by atoms with van der Waals surface area (Å²) in [4.78, 5) is 0. The average molecular weight is 278 g/mol. The summed E-state index contributed by atoms with van der Waals surface area (Å²) in [5, 5.41) is 10.4. The molecule has 0 bridgehead atoms. The molecule has 0 aliphatic carbocycles. The summed E-state index contributed by atoms with van der Waals surface area (Å²) in [6, 6.07) is 6.97. The zero-order valence-corrected chi connectivity index (χ0v) is 11.1.